The number of carbonyl (C=O) groups excluding carboxylic acids is 2. The molecule has 96 valence electrons. The van der Waals surface area contributed by atoms with E-state index in [0.29, 0.717) is 15.3 Å². The van der Waals surface area contributed by atoms with Crippen LogP contribution in [0.1, 0.15) is 33.0 Å². The van der Waals surface area contributed by atoms with Crippen molar-refractivity contribution in [2.75, 3.05) is 0 Å². The first-order valence-electron chi connectivity index (χ1n) is 5.70. The lowest BCUT2D eigenvalue weighted by Crippen LogP contribution is -2.03. The maximum Gasteiger partial charge on any atom is 0.294 e. The fourth-order valence-corrected chi connectivity index (χ4v) is 2.65. The average molecular weight is 273 g/mol. The number of amides is 1. The van der Waals surface area contributed by atoms with E-state index in [4.69, 9.17) is 0 Å². The van der Waals surface area contributed by atoms with Gasteiger partial charge >= 0.3 is 0 Å². The number of ketones is 1. The highest BCUT2D eigenvalue weighted by molar-refractivity contribution is 7.14. The third-order valence-corrected chi connectivity index (χ3v) is 4.04. The molecule has 0 N–H and O–H groups in total. The summed E-state index contributed by atoms with van der Waals surface area (Å²) in [7, 11) is 0. The van der Waals surface area contributed by atoms with Crippen molar-refractivity contribution in [1.29, 1.82) is 0 Å². The smallest absolute Gasteiger partial charge is 0.288 e. The molecule has 0 saturated carbocycles. The van der Waals surface area contributed by atoms with Gasteiger partial charge in [0.2, 0.25) is 5.78 Å². The van der Waals surface area contributed by atoms with Gasteiger partial charge in [0.25, 0.3) is 5.91 Å². The fourth-order valence-electron chi connectivity index (χ4n) is 1.64. The zero-order valence-corrected chi connectivity index (χ0v) is 11.0. The van der Waals surface area contributed by atoms with Crippen LogP contribution in [0.4, 0.5) is 0 Å². The van der Waals surface area contributed by atoms with E-state index in [0.717, 1.165) is 0 Å². The van der Waals surface area contributed by atoms with E-state index in [2.05, 4.69) is 5.18 Å². The van der Waals surface area contributed by atoms with Gasteiger partial charge in [0.15, 0.2) is 0 Å². The first-order valence-corrected chi connectivity index (χ1v) is 6.52. The maximum atomic E-state index is 12.2. The molecule has 1 aromatic carbocycles. The third-order valence-electron chi connectivity index (χ3n) is 2.77. The van der Waals surface area contributed by atoms with E-state index in [1.807, 2.05) is 6.07 Å². The summed E-state index contributed by atoms with van der Waals surface area (Å²) in [5, 5.41) is 2.41. The Morgan fingerprint density at radius 2 is 1.79 bits per heavy atom. The van der Waals surface area contributed by atoms with Gasteiger partial charge in [0.1, 0.15) is 0 Å². The molecule has 4 nitrogen and oxygen atoms in total. The van der Waals surface area contributed by atoms with E-state index in [1.54, 1.807) is 43.3 Å². The molecule has 0 saturated heterocycles. The normalized spacial score (nSPS) is 11.8. The Labute approximate surface area is 114 Å². The van der Waals surface area contributed by atoms with Crippen molar-refractivity contribution in [2.45, 2.75) is 12.8 Å². The molecule has 1 amide bonds. The second-order valence-electron chi connectivity index (χ2n) is 4.05. The largest absolute Gasteiger partial charge is 0.294 e. The first-order chi connectivity index (χ1) is 9.13. The Morgan fingerprint density at radius 1 is 1.11 bits per heavy atom. The lowest BCUT2D eigenvalue weighted by atomic mass is 10.1. The highest BCUT2D eigenvalue weighted by Crippen LogP contribution is 2.27. The number of hydrogen-bond donors (Lipinski definition) is 0. The van der Waals surface area contributed by atoms with E-state index in [1.165, 1.54) is 11.3 Å². The lowest BCUT2D eigenvalue weighted by molar-refractivity contribution is -0.118. The third kappa shape index (κ3) is 2.82. The van der Waals surface area contributed by atoms with Crippen molar-refractivity contribution >= 4 is 23.0 Å². The zero-order valence-electron chi connectivity index (χ0n) is 10.2. The van der Waals surface area contributed by atoms with Crippen molar-refractivity contribution in [2.24, 2.45) is 5.18 Å². The van der Waals surface area contributed by atoms with Crippen molar-refractivity contribution < 1.29 is 9.59 Å². The lowest BCUT2D eigenvalue weighted by Gasteiger charge is -2.00. The summed E-state index contributed by atoms with van der Waals surface area (Å²) in [5.41, 5.74) is 0.600. The van der Waals surface area contributed by atoms with Crippen molar-refractivity contribution in [3.05, 3.63) is 62.7 Å². The molecular formula is C14H11NO3S. The second-order valence-corrected chi connectivity index (χ2v) is 5.16. The van der Waals surface area contributed by atoms with Crippen LogP contribution in [0.25, 0.3) is 0 Å². The Balaban J connectivity index is 2.24. The van der Waals surface area contributed by atoms with Crippen LogP contribution in [0.3, 0.4) is 0 Å². The fraction of sp³-hybridized carbons (Fsp3) is 0.143. The van der Waals surface area contributed by atoms with Crippen molar-refractivity contribution in [1.82, 2.24) is 0 Å². The first kappa shape index (κ1) is 13.3. The summed E-state index contributed by atoms with van der Waals surface area (Å²) in [6, 6.07) is 12.3. The molecule has 0 spiro atoms. The summed E-state index contributed by atoms with van der Waals surface area (Å²) in [6.45, 7) is 1.60. The van der Waals surface area contributed by atoms with E-state index in [-0.39, 0.29) is 5.78 Å². The molecule has 1 atom stereocenters. The highest BCUT2D eigenvalue weighted by atomic mass is 32.1. The molecule has 1 heterocycles. The van der Waals surface area contributed by atoms with Gasteiger partial charge < -0.3 is 0 Å². The molecule has 5 heteroatoms. The van der Waals surface area contributed by atoms with E-state index >= 15 is 0 Å². The Kier molecular flexibility index (Phi) is 3.97. The highest BCUT2D eigenvalue weighted by Gasteiger charge is 2.20. The van der Waals surface area contributed by atoms with Gasteiger partial charge in [0.05, 0.1) is 10.8 Å². The Hall–Kier alpha value is -2.14. The second kappa shape index (κ2) is 5.67. The molecule has 1 unspecified atom stereocenters. The summed E-state index contributed by atoms with van der Waals surface area (Å²) in [4.78, 5) is 34.8. The van der Waals surface area contributed by atoms with Gasteiger partial charge in [-0.2, -0.15) is 0 Å². The maximum absolute atomic E-state index is 12.2. The van der Waals surface area contributed by atoms with Crippen LogP contribution in [0.2, 0.25) is 0 Å². The molecule has 0 aliphatic heterocycles. The van der Waals surface area contributed by atoms with Crippen LogP contribution in [0.15, 0.2) is 47.6 Å². The van der Waals surface area contributed by atoms with Crippen LogP contribution < -0.4 is 0 Å². The zero-order chi connectivity index (χ0) is 13.8. The van der Waals surface area contributed by atoms with E-state index < -0.39 is 11.8 Å². The van der Waals surface area contributed by atoms with Gasteiger partial charge in [0, 0.05) is 15.6 Å². The number of nitrogens with zero attached hydrogens (tertiary/aromatic N) is 1. The molecule has 2 rings (SSSR count). The van der Waals surface area contributed by atoms with Gasteiger partial charge in [-0.3, -0.25) is 9.59 Å². The van der Waals surface area contributed by atoms with Crippen LogP contribution in [-0.4, -0.2) is 11.7 Å². The van der Waals surface area contributed by atoms with Crippen LogP contribution >= 0.6 is 11.3 Å². The number of hydrogen-bond acceptors (Lipinski definition) is 4. The minimum Gasteiger partial charge on any atom is -0.288 e. The summed E-state index contributed by atoms with van der Waals surface area (Å²) in [6.07, 6.45) is 0. The SMILES string of the molecule is CC(C(=O)N=O)c1ccc(C(=O)c2ccccc2)s1. The molecule has 2 aromatic rings. The number of thiophene rings is 1. The quantitative estimate of drug-likeness (QED) is 0.633. The Bertz CT molecular complexity index is 619. The molecule has 0 fully saturated rings. The standard InChI is InChI=1S/C14H11NO3S/c1-9(14(17)15-18)11-7-8-12(19-11)13(16)10-5-3-2-4-6-10/h2-9H,1H3. The van der Waals surface area contributed by atoms with Gasteiger partial charge in [-0.1, -0.05) is 30.3 Å². The number of carbonyl (C=O) groups is 2. The number of rotatable bonds is 4. The van der Waals surface area contributed by atoms with E-state index in [9.17, 15) is 14.5 Å². The summed E-state index contributed by atoms with van der Waals surface area (Å²) >= 11 is 1.22. The van der Waals surface area contributed by atoms with Gasteiger partial charge in [-0.05, 0) is 19.1 Å². The Morgan fingerprint density at radius 3 is 2.42 bits per heavy atom. The summed E-state index contributed by atoms with van der Waals surface area (Å²) in [5.74, 6) is -1.41. The van der Waals surface area contributed by atoms with Gasteiger partial charge in [-0.15, -0.1) is 16.2 Å². The summed E-state index contributed by atoms with van der Waals surface area (Å²) < 4.78 is 0. The van der Waals surface area contributed by atoms with Crippen molar-refractivity contribution in [3.63, 3.8) is 0 Å². The minimum absolute atomic E-state index is 0.0874. The van der Waals surface area contributed by atoms with Crippen molar-refractivity contribution in [3.8, 4) is 0 Å². The minimum atomic E-state index is -0.722. The van der Waals surface area contributed by atoms with Crippen LogP contribution in [0, 0.1) is 4.91 Å². The average Bonchev–Trinajstić information content (AvgIpc) is 2.95. The van der Waals surface area contributed by atoms with Crippen LogP contribution in [0.5, 0.6) is 0 Å². The topological polar surface area (TPSA) is 63.6 Å². The molecular weight excluding hydrogens is 262 g/mol. The number of nitroso groups, excluding NO2 is 1. The van der Waals surface area contributed by atoms with Crippen LogP contribution in [-0.2, 0) is 4.79 Å². The molecule has 0 aliphatic rings. The molecule has 0 aliphatic carbocycles. The molecule has 0 radical (unpaired) electrons. The predicted octanol–water partition coefficient (Wildman–Crippen LogP) is 3.38. The monoisotopic (exact) mass is 273 g/mol. The number of benzene rings is 1. The molecule has 19 heavy (non-hydrogen) atoms. The predicted molar refractivity (Wildman–Crippen MR) is 73.4 cm³/mol. The van der Waals surface area contributed by atoms with Gasteiger partial charge in [-0.25, -0.2) is 0 Å². The molecule has 1 aromatic heterocycles. The molecule has 0 bridgehead atoms.